The Balaban J connectivity index is 1.19. The number of aromatic nitrogens is 3. The standard InChI is InChI=1S/C63H69N3/c1-14-15-58-64-59(65-66(58)57-40-51(45-24-32-55(33-25-45)62(8,9)10)39-52(41-57)46-26-34-56(35-27-46)63(11,12)13)47-18-16-42(17-19-47)48-36-49(43-20-28-53(29-21-43)60(2,3)4)38-50(37-48)44-22-30-54(31-23-44)61(5,6)7/h16-41H,14-15H2,1-13H3. The van der Waals surface area contributed by atoms with Gasteiger partial charge < -0.3 is 0 Å². The van der Waals surface area contributed by atoms with Crippen molar-refractivity contribution in [3.8, 4) is 72.7 Å². The summed E-state index contributed by atoms with van der Waals surface area (Å²) in [5.74, 6) is 1.69. The summed E-state index contributed by atoms with van der Waals surface area (Å²) in [6, 6.07) is 59.0. The highest BCUT2D eigenvalue weighted by Gasteiger charge is 2.20. The predicted molar refractivity (Wildman–Crippen MR) is 283 cm³/mol. The van der Waals surface area contributed by atoms with Crippen molar-refractivity contribution in [2.45, 2.75) is 125 Å². The van der Waals surface area contributed by atoms with Crippen LogP contribution in [0, 0.1) is 0 Å². The number of hydrogen-bond acceptors (Lipinski definition) is 2. The first kappa shape index (κ1) is 46.2. The Kier molecular flexibility index (Phi) is 12.5. The Hall–Kier alpha value is -6.32. The molecule has 0 N–H and O–H groups in total. The van der Waals surface area contributed by atoms with Gasteiger partial charge in [0.1, 0.15) is 5.82 Å². The first-order chi connectivity index (χ1) is 31.1. The third-order valence-electron chi connectivity index (χ3n) is 13.1. The highest BCUT2D eigenvalue weighted by molar-refractivity contribution is 5.82. The van der Waals surface area contributed by atoms with Gasteiger partial charge in [0.2, 0.25) is 0 Å². The van der Waals surface area contributed by atoms with Crippen LogP contribution in [0.5, 0.6) is 0 Å². The molecule has 1 heterocycles. The van der Waals surface area contributed by atoms with Gasteiger partial charge >= 0.3 is 0 Å². The molecule has 3 nitrogen and oxygen atoms in total. The van der Waals surface area contributed by atoms with Gasteiger partial charge in [-0.05, 0) is 142 Å². The molecule has 0 fully saturated rings. The van der Waals surface area contributed by atoms with Crippen LogP contribution in [0.15, 0.2) is 158 Å². The molecule has 0 atom stereocenters. The maximum Gasteiger partial charge on any atom is 0.181 e. The second-order valence-electron chi connectivity index (χ2n) is 22.5. The Morgan fingerprint density at radius 1 is 0.333 bits per heavy atom. The van der Waals surface area contributed by atoms with Gasteiger partial charge in [0.05, 0.1) is 5.69 Å². The molecule has 3 heteroatoms. The number of aryl methyl sites for hydroxylation is 1. The minimum Gasteiger partial charge on any atom is -0.217 e. The Morgan fingerprint density at radius 2 is 0.591 bits per heavy atom. The van der Waals surface area contributed by atoms with Crippen molar-refractivity contribution in [2.24, 2.45) is 0 Å². The third kappa shape index (κ3) is 10.2. The molecule has 1 aromatic heterocycles. The Morgan fingerprint density at radius 3 is 0.864 bits per heavy atom. The van der Waals surface area contributed by atoms with Crippen LogP contribution in [0.1, 0.15) is 125 Å². The molecule has 0 aliphatic heterocycles. The summed E-state index contributed by atoms with van der Waals surface area (Å²) < 4.78 is 2.08. The van der Waals surface area contributed by atoms with Gasteiger partial charge in [0, 0.05) is 12.0 Å². The Bertz CT molecular complexity index is 2780. The van der Waals surface area contributed by atoms with Gasteiger partial charge in [-0.3, -0.25) is 0 Å². The van der Waals surface area contributed by atoms with Gasteiger partial charge in [-0.25, -0.2) is 9.67 Å². The topological polar surface area (TPSA) is 30.7 Å². The number of nitrogens with zero attached hydrogens (tertiary/aromatic N) is 3. The summed E-state index contributed by atoms with van der Waals surface area (Å²) in [5, 5.41) is 5.30. The van der Waals surface area contributed by atoms with E-state index in [0.29, 0.717) is 0 Å². The van der Waals surface area contributed by atoms with Gasteiger partial charge in [-0.15, -0.1) is 5.10 Å². The van der Waals surface area contributed by atoms with Crippen molar-refractivity contribution < 1.29 is 0 Å². The first-order valence-electron chi connectivity index (χ1n) is 23.9. The molecular formula is C63H69N3. The smallest absolute Gasteiger partial charge is 0.181 e. The van der Waals surface area contributed by atoms with Crippen LogP contribution in [0.4, 0.5) is 0 Å². The van der Waals surface area contributed by atoms with Gasteiger partial charge in [-0.2, -0.15) is 0 Å². The van der Waals surface area contributed by atoms with Gasteiger partial charge in [-0.1, -0.05) is 211 Å². The zero-order valence-corrected chi connectivity index (χ0v) is 41.8. The highest BCUT2D eigenvalue weighted by atomic mass is 15.4. The normalized spacial score (nSPS) is 12.4. The van der Waals surface area contributed by atoms with E-state index in [9.17, 15) is 0 Å². The van der Waals surface area contributed by atoms with Gasteiger partial charge in [0.25, 0.3) is 0 Å². The molecular weight excluding hydrogens is 799 g/mol. The van der Waals surface area contributed by atoms with Crippen LogP contribution in [0.25, 0.3) is 72.7 Å². The fraction of sp³-hybridized carbons (Fsp3) is 0.302. The van der Waals surface area contributed by atoms with E-state index in [1.165, 1.54) is 61.2 Å². The van der Waals surface area contributed by atoms with E-state index in [0.717, 1.165) is 52.4 Å². The molecule has 0 aliphatic carbocycles. The number of rotatable bonds is 9. The molecule has 8 rings (SSSR count). The summed E-state index contributed by atoms with van der Waals surface area (Å²) in [5.41, 5.74) is 19.5. The van der Waals surface area contributed by atoms with Crippen LogP contribution < -0.4 is 0 Å². The van der Waals surface area contributed by atoms with E-state index in [1.807, 2.05) is 0 Å². The van der Waals surface area contributed by atoms with Crippen LogP contribution >= 0.6 is 0 Å². The lowest BCUT2D eigenvalue weighted by atomic mass is 9.85. The Labute approximate surface area is 396 Å². The van der Waals surface area contributed by atoms with Crippen LogP contribution in [-0.4, -0.2) is 14.8 Å². The maximum atomic E-state index is 5.30. The quantitative estimate of drug-likeness (QED) is 0.145. The molecule has 0 unspecified atom stereocenters. The second kappa shape index (κ2) is 17.8. The maximum absolute atomic E-state index is 5.30. The van der Waals surface area contributed by atoms with Crippen LogP contribution in [0.3, 0.4) is 0 Å². The van der Waals surface area contributed by atoms with Crippen LogP contribution in [-0.2, 0) is 28.1 Å². The molecule has 8 aromatic rings. The first-order valence-corrected chi connectivity index (χ1v) is 23.9. The largest absolute Gasteiger partial charge is 0.217 e. The molecule has 0 aliphatic rings. The van der Waals surface area contributed by atoms with E-state index < -0.39 is 0 Å². The predicted octanol–water partition coefficient (Wildman–Crippen LogP) is 17.4. The monoisotopic (exact) mass is 868 g/mol. The minimum atomic E-state index is 0.0789. The minimum absolute atomic E-state index is 0.0789. The zero-order valence-electron chi connectivity index (χ0n) is 41.8. The lowest BCUT2D eigenvalue weighted by Gasteiger charge is -2.20. The van der Waals surface area contributed by atoms with E-state index in [2.05, 4.69) is 252 Å². The lowest BCUT2D eigenvalue weighted by molar-refractivity contribution is 0.590. The van der Waals surface area contributed by atoms with Crippen molar-refractivity contribution in [3.05, 3.63) is 186 Å². The average Bonchev–Trinajstić information content (AvgIpc) is 3.72. The summed E-state index contributed by atoms with van der Waals surface area (Å²) in [6.07, 6.45) is 1.77. The number of benzene rings is 7. The SMILES string of the molecule is CCCc1nc(-c2ccc(-c3cc(-c4ccc(C(C)(C)C)cc4)cc(-c4ccc(C(C)(C)C)cc4)c3)cc2)nn1-c1cc(-c2ccc(C(C)(C)C)cc2)cc(-c2ccc(C(C)(C)C)cc2)c1. The van der Waals surface area contributed by atoms with E-state index in [-0.39, 0.29) is 21.7 Å². The number of hydrogen-bond donors (Lipinski definition) is 0. The second-order valence-corrected chi connectivity index (χ2v) is 22.5. The van der Waals surface area contributed by atoms with Crippen molar-refractivity contribution in [2.75, 3.05) is 0 Å². The van der Waals surface area contributed by atoms with Crippen molar-refractivity contribution in [1.29, 1.82) is 0 Å². The van der Waals surface area contributed by atoms with Crippen molar-refractivity contribution >= 4 is 0 Å². The molecule has 7 aromatic carbocycles. The fourth-order valence-corrected chi connectivity index (χ4v) is 8.72. The molecule has 66 heavy (non-hydrogen) atoms. The molecule has 0 radical (unpaired) electrons. The molecule has 336 valence electrons. The summed E-state index contributed by atoms with van der Waals surface area (Å²) >= 11 is 0. The molecule has 0 saturated carbocycles. The van der Waals surface area contributed by atoms with Crippen LogP contribution in [0.2, 0.25) is 0 Å². The lowest BCUT2D eigenvalue weighted by Crippen LogP contribution is -2.10. The summed E-state index contributed by atoms with van der Waals surface area (Å²) in [6.45, 7) is 29.4. The van der Waals surface area contributed by atoms with E-state index in [1.54, 1.807) is 0 Å². The molecule has 0 bridgehead atoms. The average molecular weight is 868 g/mol. The summed E-state index contributed by atoms with van der Waals surface area (Å²) in [4.78, 5) is 5.24. The van der Waals surface area contributed by atoms with Crippen molar-refractivity contribution in [3.63, 3.8) is 0 Å². The summed E-state index contributed by atoms with van der Waals surface area (Å²) in [7, 11) is 0. The zero-order chi connectivity index (χ0) is 47.2. The molecule has 0 spiro atoms. The van der Waals surface area contributed by atoms with E-state index in [4.69, 9.17) is 10.1 Å². The molecule has 0 saturated heterocycles. The highest BCUT2D eigenvalue weighted by Crippen LogP contribution is 2.37. The third-order valence-corrected chi connectivity index (χ3v) is 13.1. The fourth-order valence-electron chi connectivity index (χ4n) is 8.72. The van der Waals surface area contributed by atoms with Gasteiger partial charge in [0.15, 0.2) is 5.82 Å². The molecule has 0 amide bonds. The van der Waals surface area contributed by atoms with E-state index >= 15 is 0 Å². The van der Waals surface area contributed by atoms with Crippen molar-refractivity contribution in [1.82, 2.24) is 14.8 Å².